The molecule has 0 aliphatic heterocycles. The van der Waals surface area contributed by atoms with Crippen molar-refractivity contribution < 1.29 is 4.74 Å². The molecule has 2 rings (SSSR count). The zero-order chi connectivity index (χ0) is 12.3. The van der Waals surface area contributed by atoms with E-state index < -0.39 is 0 Å². The van der Waals surface area contributed by atoms with Crippen molar-refractivity contribution in [1.82, 2.24) is 0 Å². The minimum absolute atomic E-state index is 0.415. The Morgan fingerprint density at radius 3 is 3.06 bits per heavy atom. The molecule has 0 heterocycles. The molecule has 0 spiro atoms. The highest BCUT2D eigenvalue weighted by Gasteiger charge is 2.35. The second-order valence-electron chi connectivity index (χ2n) is 4.34. The maximum Gasteiger partial charge on any atom is 0.193 e. The average Bonchev–Trinajstić information content (AvgIpc) is 3.07. The van der Waals surface area contributed by atoms with E-state index >= 15 is 0 Å². The smallest absolute Gasteiger partial charge is 0.193 e. The molecular weight excluding hydrogens is 214 g/mol. The molecular formula is C13H19N3O. The number of ether oxygens (including phenoxy) is 1. The zero-order valence-corrected chi connectivity index (χ0v) is 10.3. The van der Waals surface area contributed by atoms with Gasteiger partial charge in [0.1, 0.15) is 5.75 Å². The summed E-state index contributed by atoms with van der Waals surface area (Å²) in [5.74, 6) is 2.01. The number of aliphatic imine (C=N–C) groups is 1. The number of hydrogen-bond donors (Lipinski definition) is 2. The van der Waals surface area contributed by atoms with E-state index in [4.69, 9.17) is 10.5 Å². The van der Waals surface area contributed by atoms with E-state index in [1.165, 1.54) is 6.42 Å². The third-order valence-corrected chi connectivity index (χ3v) is 3.06. The molecule has 4 nitrogen and oxygen atoms in total. The fourth-order valence-electron chi connectivity index (χ4n) is 1.89. The summed E-state index contributed by atoms with van der Waals surface area (Å²) in [6, 6.07) is 8.06. The lowest BCUT2D eigenvalue weighted by Gasteiger charge is -2.07. The number of nitrogens with zero attached hydrogens (tertiary/aromatic N) is 1. The molecule has 4 heteroatoms. The second kappa shape index (κ2) is 5.08. The molecule has 0 bridgehead atoms. The van der Waals surface area contributed by atoms with Gasteiger partial charge >= 0.3 is 0 Å². The third kappa shape index (κ3) is 3.12. The zero-order valence-electron chi connectivity index (χ0n) is 10.3. The van der Waals surface area contributed by atoms with Crippen LogP contribution in [0.1, 0.15) is 19.8 Å². The monoisotopic (exact) mass is 233 g/mol. The van der Waals surface area contributed by atoms with Crippen LogP contribution in [0.15, 0.2) is 29.3 Å². The highest BCUT2D eigenvalue weighted by Crippen LogP contribution is 2.36. The first-order valence-corrected chi connectivity index (χ1v) is 5.97. The van der Waals surface area contributed by atoms with E-state index in [1.807, 2.05) is 24.3 Å². The maximum absolute atomic E-state index is 5.85. The lowest BCUT2D eigenvalue weighted by atomic mass is 10.3. The Balaban J connectivity index is 1.95. The summed E-state index contributed by atoms with van der Waals surface area (Å²) in [5, 5.41) is 3.08. The Hall–Kier alpha value is -1.71. The van der Waals surface area contributed by atoms with Gasteiger partial charge in [-0.1, -0.05) is 19.4 Å². The Bertz CT molecular complexity index is 417. The molecule has 92 valence electrons. The van der Waals surface area contributed by atoms with Crippen molar-refractivity contribution in [2.24, 2.45) is 16.6 Å². The van der Waals surface area contributed by atoms with Gasteiger partial charge in [-0.3, -0.25) is 0 Å². The van der Waals surface area contributed by atoms with E-state index in [9.17, 15) is 0 Å². The Labute approximate surface area is 102 Å². The summed E-state index contributed by atoms with van der Waals surface area (Å²) < 4.78 is 5.14. The van der Waals surface area contributed by atoms with E-state index in [-0.39, 0.29) is 0 Å². The van der Waals surface area contributed by atoms with Gasteiger partial charge in [-0.2, -0.15) is 0 Å². The van der Waals surface area contributed by atoms with Crippen molar-refractivity contribution >= 4 is 11.6 Å². The first-order valence-electron chi connectivity index (χ1n) is 5.97. The van der Waals surface area contributed by atoms with Crippen LogP contribution in [0.3, 0.4) is 0 Å². The fourth-order valence-corrected chi connectivity index (χ4v) is 1.89. The Morgan fingerprint density at radius 2 is 2.41 bits per heavy atom. The largest absolute Gasteiger partial charge is 0.497 e. The lowest BCUT2D eigenvalue weighted by Crippen LogP contribution is -2.23. The van der Waals surface area contributed by atoms with Crippen LogP contribution in [-0.2, 0) is 0 Å². The van der Waals surface area contributed by atoms with Crippen molar-refractivity contribution in [3.05, 3.63) is 24.3 Å². The summed E-state index contributed by atoms with van der Waals surface area (Å²) >= 11 is 0. The Morgan fingerprint density at radius 1 is 1.59 bits per heavy atom. The number of benzene rings is 1. The van der Waals surface area contributed by atoms with E-state index in [0.29, 0.717) is 12.0 Å². The standard InChI is InChI=1S/C13H19N3O/c1-3-9-7-12(9)16-13(14)15-10-5-4-6-11(8-10)17-2/h4-6,8-9,12H,3,7H2,1-2H3,(H3,14,15,16)/t9-,12-/m1/s1. The molecule has 1 aromatic carbocycles. The number of methoxy groups -OCH3 is 1. The topological polar surface area (TPSA) is 59.6 Å². The molecule has 1 aromatic rings. The predicted octanol–water partition coefficient (Wildman–Crippen LogP) is 2.22. The van der Waals surface area contributed by atoms with Crippen LogP contribution in [0.5, 0.6) is 5.75 Å². The molecule has 0 amide bonds. The van der Waals surface area contributed by atoms with Crippen LogP contribution < -0.4 is 15.8 Å². The van der Waals surface area contributed by atoms with Crippen LogP contribution in [-0.4, -0.2) is 19.1 Å². The minimum atomic E-state index is 0.415. The van der Waals surface area contributed by atoms with Gasteiger partial charge in [0, 0.05) is 11.8 Å². The molecule has 3 N–H and O–H groups in total. The number of anilines is 1. The quantitative estimate of drug-likeness (QED) is 0.619. The number of hydrogen-bond acceptors (Lipinski definition) is 2. The van der Waals surface area contributed by atoms with Crippen molar-refractivity contribution in [1.29, 1.82) is 0 Å². The van der Waals surface area contributed by atoms with Crippen molar-refractivity contribution in [2.75, 3.05) is 12.4 Å². The molecule has 17 heavy (non-hydrogen) atoms. The van der Waals surface area contributed by atoms with Gasteiger partial charge in [0.05, 0.1) is 13.2 Å². The van der Waals surface area contributed by atoms with Crippen molar-refractivity contribution in [3.8, 4) is 5.75 Å². The molecule has 1 aliphatic rings. The third-order valence-electron chi connectivity index (χ3n) is 3.06. The highest BCUT2D eigenvalue weighted by atomic mass is 16.5. The first-order chi connectivity index (χ1) is 8.22. The van der Waals surface area contributed by atoms with Crippen molar-refractivity contribution in [3.63, 3.8) is 0 Å². The van der Waals surface area contributed by atoms with Gasteiger partial charge < -0.3 is 15.8 Å². The van der Waals surface area contributed by atoms with Crippen LogP contribution in [0, 0.1) is 5.92 Å². The van der Waals surface area contributed by atoms with E-state index in [1.54, 1.807) is 7.11 Å². The summed E-state index contributed by atoms with van der Waals surface area (Å²) in [7, 11) is 1.65. The molecule has 0 aromatic heterocycles. The van der Waals surface area contributed by atoms with E-state index in [0.717, 1.165) is 23.8 Å². The summed E-state index contributed by atoms with van der Waals surface area (Å²) in [5.41, 5.74) is 6.76. The van der Waals surface area contributed by atoms with Gasteiger partial charge in [-0.15, -0.1) is 0 Å². The Kier molecular flexibility index (Phi) is 3.52. The van der Waals surface area contributed by atoms with Crippen LogP contribution >= 0.6 is 0 Å². The molecule has 0 radical (unpaired) electrons. The number of nitrogens with one attached hydrogen (secondary N) is 1. The van der Waals surface area contributed by atoms with Gasteiger partial charge in [0.15, 0.2) is 5.96 Å². The highest BCUT2D eigenvalue weighted by molar-refractivity contribution is 5.92. The van der Waals surface area contributed by atoms with E-state index in [2.05, 4.69) is 17.2 Å². The summed E-state index contributed by atoms with van der Waals surface area (Å²) in [6.45, 7) is 2.19. The first kappa shape index (κ1) is 11.8. The molecule has 1 saturated carbocycles. The summed E-state index contributed by atoms with van der Waals surface area (Å²) in [6.07, 6.45) is 2.34. The van der Waals surface area contributed by atoms with Crippen LogP contribution in [0.25, 0.3) is 0 Å². The number of guanidine groups is 1. The van der Waals surface area contributed by atoms with Gasteiger partial charge in [-0.25, -0.2) is 4.99 Å². The summed E-state index contributed by atoms with van der Waals surface area (Å²) in [4.78, 5) is 4.43. The second-order valence-corrected chi connectivity index (χ2v) is 4.34. The molecule has 0 saturated heterocycles. The van der Waals surface area contributed by atoms with Crippen molar-refractivity contribution in [2.45, 2.75) is 25.8 Å². The fraction of sp³-hybridized carbons (Fsp3) is 0.462. The van der Waals surface area contributed by atoms with Gasteiger partial charge in [0.25, 0.3) is 0 Å². The molecule has 0 unspecified atom stereocenters. The SMILES string of the molecule is CC[C@@H]1C[C@H]1N=C(N)Nc1cccc(OC)c1. The average molecular weight is 233 g/mol. The molecule has 2 atom stereocenters. The number of rotatable bonds is 4. The lowest BCUT2D eigenvalue weighted by molar-refractivity contribution is 0.415. The minimum Gasteiger partial charge on any atom is -0.497 e. The van der Waals surface area contributed by atoms with Gasteiger partial charge in [-0.05, 0) is 24.5 Å². The maximum atomic E-state index is 5.85. The molecule has 1 aliphatic carbocycles. The predicted molar refractivity (Wildman–Crippen MR) is 70.4 cm³/mol. The van der Waals surface area contributed by atoms with Gasteiger partial charge in [0.2, 0.25) is 0 Å². The molecule has 1 fully saturated rings. The van der Waals surface area contributed by atoms with Crippen LogP contribution in [0.2, 0.25) is 0 Å². The normalized spacial score (nSPS) is 23.3. The van der Waals surface area contributed by atoms with Crippen LogP contribution in [0.4, 0.5) is 5.69 Å². The number of nitrogens with two attached hydrogens (primary N) is 1.